The Balaban J connectivity index is 0.00000242. The van der Waals surface area contributed by atoms with Crippen molar-refractivity contribution in [3.05, 3.63) is 29.1 Å². The summed E-state index contributed by atoms with van der Waals surface area (Å²) in [5.74, 6) is 0.512. The Morgan fingerprint density at radius 1 is 1.41 bits per heavy atom. The molecular weight excluding hydrogens is 296 g/mol. The molecule has 0 spiro atoms. The number of rotatable bonds is 2. The first kappa shape index (κ1) is 18.8. The number of hydrogen-bond donors (Lipinski definition) is 0. The summed E-state index contributed by atoms with van der Waals surface area (Å²) >= 11 is 0. The van der Waals surface area contributed by atoms with E-state index in [1.807, 2.05) is 38.8 Å². The van der Waals surface area contributed by atoms with E-state index in [1.54, 1.807) is 0 Å². The predicted molar refractivity (Wildman–Crippen MR) is 93.7 cm³/mol. The van der Waals surface area contributed by atoms with Crippen LogP contribution in [0.2, 0.25) is 0 Å². The molecule has 2 heterocycles. The van der Waals surface area contributed by atoms with Crippen LogP contribution < -0.4 is 0 Å². The second-order valence-electron chi connectivity index (χ2n) is 6.97. The maximum absolute atomic E-state index is 12.1. The van der Waals surface area contributed by atoms with Gasteiger partial charge in [0.2, 0.25) is 0 Å². The molecule has 1 atom stereocenters. The minimum atomic E-state index is -0.423. The molecule has 0 aromatic carbocycles. The van der Waals surface area contributed by atoms with E-state index in [4.69, 9.17) is 4.74 Å². The van der Waals surface area contributed by atoms with E-state index in [-0.39, 0.29) is 19.6 Å². The topological polar surface area (TPSA) is 42.4 Å². The van der Waals surface area contributed by atoms with Crippen LogP contribution in [0, 0.1) is 19.8 Å². The molecule has 1 aliphatic rings. The van der Waals surface area contributed by atoms with Crippen LogP contribution in [0.15, 0.2) is 12.3 Å². The zero-order valence-corrected chi connectivity index (χ0v) is 15.3. The van der Waals surface area contributed by atoms with Crippen molar-refractivity contribution in [1.82, 2.24) is 9.88 Å². The van der Waals surface area contributed by atoms with Gasteiger partial charge in [0.25, 0.3) is 0 Å². The molecule has 1 aromatic heterocycles. The van der Waals surface area contributed by atoms with Gasteiger partial charge >= 0.3 is 6.09 Å². The molecule has 124 valence electrons. The quantitative estimate of drug-likeness (QED) is 0.834. The second kappa shape index (κ2) is 7.36. The Morgan fingerprint density at radius 2 is 2.09 bits per heavy atom. The normalized spacial score (nSPS) is 18.0. The lowest BCUT2D eigenvalue weighted by Gasteiger charge is -2.24. The number of nitrogens with zero attached hydrogens (tertiary/aromatic N) is 2. The number of likely N-dealkylation sites (tertiary alicyclic amines) is 1. The molecule has 1 unspecified atom stereocenters. The predicted octanol–water partition coefficient (Wildman–Crippen LogP) is 3.61. The summed E-state index contributed by atoms with van der Waals surface area (Å²) in [6, 6.07) is 2.10. The monoisotopic (exact) mass is 324 g/mol. The number of carbonyl (C=O) groups excluding carboxylic acids is 1. The molecule has 0 aliphatic carbocycles. The number of carbonyl (C=O) groups is 1. The summed E-state index contributed by atoms with van der Waals surface area (Å²) in [5, 5.41) is 0. The average Bonchev–Trinajstić information content (AvgIpc) is 2.82. The summed E-state index contributed by atoms with van der Waals surface area (Å²) in [5.41, 5.74) is 3.29. The van der Waals surface area contributed by atoms with Crippen molar-refractivity contribution in [2.45, 2.75) is 53.1 Å². The molecule has 1 amide bonds. The largest absolute Gasteiger partial charge is 0.444 e. The fraction of sp³-hybridized carbons (Fsp3) is 0.647. The van der Waals surface area contributed by atoms with Crippen molar-refractivity contribution in [2.75, 3.05) is 13.1 Å². The van der Waals surface area contributed by atoms with Crippen LogP contribution in [0.5, 0.6) is 0 Å². The third-order valence-corrected chi connectivity index (χ3v) is 4.01. The zero-order valence-electron chi connectivity index (χ0n) is 14.3. The number of ether oxygens (including phenoxy) is 1. The summed E-state index contributed by atoms with van der Waals surface area (Å²) < 4.78 is 5.44. The lowest BCUT2D eigenvalue weighted by atomic mass is 9.95. The minimum Gasteiger partial charge on any atom is -0.444 e. The molecule has 0 N–H and O–H groups in total. The van der Waals surface area contributed by atoms with Crippen LogP contribution in [-0.4, -0.2) is 34.7 Å². The Hall–Kier alpha value is -1.23. The Kier molecular flexibility index (Phi) is 6.29. The van der Waals surface area contributed by atoms with Crippen molar-refractivity contribution in [3.8, 4) is 0 Å². The van der Waals surface area contributed by atoms with Crippen molar-refractivity contribution in [2.24, 2.45) is 5.92 Å². The highest BCUT2D eigenvalue weighted by Crippen LogP contribution is 2.24. The van der Waals surface area contributed by atoms with E-state index in [1.165, 1.54) is 11.1 Å². The molecule has 5 heteroatoms. The van der Waals surface area contributed by atoms with Crippen molar-refractivity contribution < 1.29 is 9.53 Å². The highest BCUT2D eigenvalue weighted by Gasteiger charge is 2.29. The Morgan fingerprint density at radius 3 is 2.73 bits per heavy atom. The highest BCUT2D eigenvalue weighted by molar-refractivity contribution is 7.59. The summed E-state index contributed by atoms with van der Waals surface area (Å²) in [6.45, 7) is 11.5. The van der Waals surface area contributed by atoms with E-state index in [0.717, 1.165) is 31.6 Å². The van der Waals surface area contributed by atoms with Crippen molar-refractivity contribution >= 4 is 19.6 Å². The molecule has 4 nitrogen and oxygen atoms in total. The second-order valence-corrected chi connectivity index (χ2v) is 6.97. The van der Waals surface area contributed by atoms with Crippen LogP contribution in [0.3, 0.4) is 0 Å². The molecule has 2 rings (SSSR count). The van der Waals surface area contributed by atoms with Crippen molar-refractivity contribution in [3.63, 3.8) is 0 Å². The molecule has 22 heavy (non-hydrogen) atoms. The molecular formula is C17H28N2O2S. The molecule has 1 fully saturated rings. The molecule has 0 radical (unpaired) electrons. The Labute approximate surface area is 140 Å². The third-order valence-electron chi connectivity index (χ3n) is 4.01. The molecule has 0 bridgehead atoms. The van der Waals surface area contributed by atoms with E-state index < -0.39 is 5.60 Å². The molecule has 1 saturated heterocycles. The van der Waals surface area contributed by atoms with Gasteiger partial charge in [-0.3, -0.25) is 4.98 Å². The van der Waals surface area contributed by atoms with Crippen LogP contribution in [-0.2, 0) is 11.2 Å². The Bertz CT molecular complexity index is 526. The smallest absolute Gasteiger partial charge is 0.410 e. The summed E-state index contributed by atoms with van der Waals surface area (Å²) in [6.07, 6.45) is 3.74. The number of amides is 1. The summed E-state index contributed by atoms with van der Waals surface area (Å²) in [4.78, 5) is 18.2. The number of pyridine rings is 1. The number of hydrogen-bond acceptors (Lipinski definition) is 3. The van der Waals surface area contributed by atoms with E-state index in [9.17, 15) is 4.79 Å². The van der Waals surface area contributed by atoms with Gasteiger partial charge in [-0.15, -0.1) is 0 Å². The van der Waals surface area contributed by atoms with Gasteiger partial charge in [0, 0.05) is 25.0 Å². The van der Waals surface area contributed by atoms with Gasteiger partial charge in [-0.2, -0.15) is 13.5 Å². The fourth-order valence-electron chi connectivity index (χ4n) is 2.72. The highest BCUT2D eigenvalue weighted by atomic mass is 32.1. The maximum atomic E-state index is 12.1. The van der Waals surface area contributed by atoms with Gasteiger partial charge < -0.3 is 9.64 Å². The molecule has 0 saturated carbocycles. The fourth-order valence-corrected chi connectivity index (χ4v) is 2.72. The molecule has 1 aromatic rings. The zero-order chi connectivity index (χ0) is 15.6. The standard InChI is InChI=1S/C17H26N2O2.H2S/c1-12-13(2)18-8-6-15(12)10-14-7-9-19(11-14)16(20)21-17(3,4)5;/h6,8,14H,7,9-11H2,1-5H3;1H2. The van der Waals surface area contributed by atoms with Gasteiger partial charge in [-0.1, -0.05) is 0 Å². The summed E-state index contributed by atoms with van der Waals surface area (Å²) in [7, 11) is 0. The van der Waals surface area contributed by atoms with E-state index in [0.29, 0.717) is 5.92 Å². The van der Waals surface area contributed by atoms with Gasteiger partial charge in [0.1, 0.15) is 5.60 Å². The maximum Gasteiger partial charge on any atom is 0.410 e. The lowest BCUT2D eigenvalue weighted by molar-refractivity contribution is 0.0288. The first-order chi connectivity index (χ1) is 9.76. The number of aromatic nitrogens is 1. The van der Waals surface area contributed by atoms with Gasteiger partial charge in [-0.05, 0) is 70.6 Å². The first-order valence-corrected chi connectivity index (χ1v) is 7.65. The molecule has 1 aliphatic heterocycles. The van der Waals surface area contributed by atoms with Crippen LogP contribution in [0.1, 0.15) is 44.0 Å². The van der Waals surface area contributed by atoms with E-state index >= 15 is 0 Å². The van der Waals surface area contributed by atoms with Crippen LogP contribution in [0.4, 0.5) is 4.79 Å². The van der Waals surface area contributed by atoms with Crippen molar-refractivity contribution in [1.29, 1.82) is 0 Å². The van der Waals surface area contributed by atoms with Crippen LogP contribution >= 0.6 is 13.5 Å². The van der Waals surface area contributed by atoms with E-state index in [2.05, 4.69) is 18.0 Å². The third kappa shape index (κ3) is 4.90. The number of aryl methyl sites for hydroxylation is 1. The van der Waals surface area contributed by atoms with Gasteiger partial charge in [-0.25, -0.2) is 4.79 Å². The first-order valence-electron chi connectivity index (χ1n) is 7.65. The minimum absolute atomic E-state index is 0. The average molecular weight is 324 g/mol. The lowest BCUT2D eigenvalue weighted by Crippen LogP contribution is -2.35. The van der Waals surface area contributed by atoms with Gasteiger partial charge in [0.05, 0.1) is 0 Å². The van der Waals surface area contributed by atoms with Crippen LogP contribution in [0.25, 0.3) is 0 Å². The SMILES string of the molecule is Cc1nccc(CC2CCN(C(=O)OC(C)(C)C)C2)c1C.S. The van der Waals surface area contributed by atoms with Gasteiger partial charge in [0.15, 0.2) is 0 Å².